The van der Waals surface area contributed by atoms with Crippen molar-refractivity contribution in [2.75, 3.05) is 33.3 Å². The van der Waals surface area contributed by atoms with E-state index in [1.165, 1.54) is 18.2 Å². The number of nitrogens with one attached hydrogen (secondary N) is 2. The highest BCUT2D eigenvalue weighted by Gasteiger charge is 2.09. The van der Waals surface area contributed by atoms with E-state index in [0.29, 0.717) is 18.0 Å². The number of methoxy groups -OCH3 is 1. The topological polar surface area (TPSA) is 104 Å². The van der Waals surface area contributed by atoms with Gasteiger partial charge in [0.15, 0.2) is 0 Å². The van der Waals surface area contributed by atoms with E-state index in [9.17, 15) is 14.7 Å². The van der Waals surface area contributed by atoms with Crippen LogP contribution in [0.1, 0.15) is 25.8 Å². The quantitative estimate of drug-likeness (QED) is 0.449. The molecule has 0 aliphatic carbocycles. The third-order valence-electron chi connectivity index (χ3n) is 4.45. The van der Waals surface area contributed by atoms with Gasteiger partial charge in [-0.3, -0.25) is 19.3 Å². The molecule has 8 heteroatoms. The van der Waals surface area contributed by atoms with Crippen LogP contribution in [0.25, 0.3) is 5.69 Å². The van der Waals surface area contributed by atoms with Crippen LogP contribution in [-0.4, -0.2) is 49.1 Å². The first-order valence-electron chi connectivity index (χ1n) is 9.05. The number of aliphatic imine (C=N–C) groups is 1. The number of rotatable bonds is 9. The standard InChI is InChI=1S/C19H26N4O4/c1-4-22(5-2)11-7-10-20-13-16-17(24)21-19(26)23(18(16)25)14-8-6-9-15(12-14)27-3/h6,8-9,12-13,25H,4-5,7,10-11H2,1-3H3,(H,21,24,26). The molecular weight excluding hydrogens is 348 g/mol. The summed E-state index contributed by atoms with van der Waals surface area (Å²) in [5, 5.41) is 12.7. The van der Waals surface area contributed by atoms with Gasteiger partial charge in [-0.2, -0.15) is 0 Å². The molecule has 1 heterocycles. The monoisotopic (exact) mass is 374 g/mol. The molecule has 0 radical (unpaired) electrons. The molecule has 0 aliphatic heterocycles. The molecule has 2 rings (SSSR count). The number of H-pyrrole nitrogens is 1. The van der Waals surface area contributed by atoms with Gasteiger partial charge in [0.2, 0.25) is 0 Å². The van der Waals surface area contributed by atoms with Gasteiger partial charge in [0, 0.05) is 25.2 Å². The molecule has 0 spiro atoms. The highest BCUT2D eigenvalue weighted by atomic mass is 16.5. The van der Waals surface area contributed by atoms with Crippen molar-refractivity contribution in [3.05, 3.63) is 50.7 Å². The molecule has 0 fully saturated rings. The summed E-state index contributed by atoms with van der Waals surface area (Å²) in [6.07, 6.45) is 2.12. The van der Waals surface area contributed by atoms with Crippen LogP contribution in [0.4, 0.5) is 0 Å². The van der Waals surface area contributed by atoms with Crippen LogP contribution >= 0.6 is 0 Å². The summed E-state index contributed by atoms with van der Waals surface area (Å²) in [7, 11) is 1.49. The molecule has 0 aliphatic rings. The van der Waals surface area contributed by atoms with Gasteiger partial charge in [-0.05, 0) is 31.9 Å². The number of aromatic amines is 1. The summed E-state index contributed by atoms with van der Waals surface area (Å²) in [4.78, 5) is 32.0. The third-order valence-corrected chi connectivity index (χ3v) is 4.45. The average molecular weight is 374 g/mol. The van der Waals surface area contributed by atoms with E-state index in [1.54, 1.807) is 24.3 Å². The van der Waals surface area contributed by atoms with Crippen molar-refractivity contribution in [3.8, 4) is 17.3 Å². The maximum atomic E-state index is 12.7. The minimum Gasteiger partial charge on any atom is -0.859 e. The Balaban J connectivity index is 2.26. The second-order valence-electron chi connectivity index (χ2n) is 6.11. The number of benzene rings is 1. The predicted octanol–water partition coefficient (Wildman–Crippen LogP) is -0.658. The van der Waals surface area contributed by atoms with Crippen molar-refractivity contribution in [2.24, 2.45) is 4.99 Å². The molecule has 0 saturated carbocycles. The molecule has 2 aromatic rings. The number of hydrogen-bond donors (Lipinski definition) is 2. The van der Waals surface area contributed by atoms with Crippen LogP contribution in [0.15, 0.2) is 38.8 Å². The van der Waals surface area contributed by atoms with Crippen LogP contribution in [0.2, 0.25) is 0 Å². The fourth-order valence-corrected chi connectivity index (χ4v) is 2.81. The summed E-state index contributed by atoms with van der Waals surface area (Å²) >= 11 is 0. The zero-order valence-corrected chi connectivity index (χ0v) is 15.9. The van der Waals surface area contributed by atoms with Crippen LogP contribution < -0.4 is 26.0 Å². The molecule has 8 nitrogen and oxygen atoms in total. The van der Waals surface area contributed by atoms with Gasteiger partial charge >= 0.3 is 5.69 Å². The zero-order chi connectivity index (χ0) is 19.8. The van der Waals surface area contributed by atoms with E-state index >= 15 is 0 Å². The van der Waals surface area contributed by atoms with Gasteiger partial charge < -0.3 is 14.7 Å². The maximum Gasteiger partial charge on any atom is 0.332 e. The first kappa shape index (κ1) is 20.4. The molecule has 2 N–H and O–H groups in total. The van der Waals surface area contributed by atoms with Gasteiger partial charge in [-0.15, -0.1) is 0 Å². The van der Waals surface area contributed by atoms with Crippen LogP contribution in [-0.2, 0) is 0 Å². The van der Waals surface area contributed by atoms with Crippen molar-refractivity contribution in [1.82, 2.24) is 9.55 Å². The summed E-state index contributed by atoms with van der Waals surface area (Å²) in [6, 6.07) is 6.51. The zero-order valence-electron chi connectivity index (χ0n) is 15.9. The number of quaternary nitrogens is 1. The molecule has 0 atom stereocenters. The average Bonchev–Trinajstić information content (AvgIpc) is 2.66. The lowest BCUT2D eigenvalue weighted by Gasteiger charge is -2.18. The Kier molecular flexibility index (Phi) is 7.36. The Morgan fingerprint density at radius 1 is 1.30 bits per heavy atom. The maximum absolute atomic E-state index is 12.7. The van der Waals surface area contributed by atoms with Crippen molar-refractivity contribution in [1.29, 1.82) is 0 Å². The normalized spacial score (nSPS) is 11.4. The Bertz CT molecular complexity index is 897. The summed E-state index contributed by atoms with van der Waals surface area (Å²) < 4.78 is 6.03. The SMILES string of the molecule is CC[NH+](CC)CCCN=Cc1c([O-])n(-c2cccc(OC)c2)c(=O)[nH]c1=O. The lowest BCUT2D eigenvalue weighted by atomic mass is 10.2. The van der Waals surface area contributed by atoms with E-state index in [-0.39, 0.29) is 5.56 Å². The van der Waals surface area contributed by atoms with Crippen LogP contribution in [0.5, 0.6) is 11.6 Å². The van der Waals surface area contributed by atoms with Gasteiger partial charge in [0.1, 0.15) is 5.75 Å². The van der Waals surface area contributed by atoms with Gasteiger partial charge in [0.25, 0.3) is 5.56 Å². The smallest absolute Gasteiger partial charge is 0.332 e. The van der Waals surface area contributed by atoms with Gasteiger partial charge in [-0.25, -0.2) is 4.79 Å². The summed E-state index contributed by atoms with van der Waals surface area (Å²) in [6.45, 7) is 7.86. The van der Waals surface area contributed by atoms with Crippen molar-refractivity contribution in [2.45, 2.75) is 20.3 Å². The van der Waals surface area contributed by atoms with E-state index < -0.39 is 17.1 Å². The number of hydrogen-bond acceptors (Lipinski definition) is 5. The lowest BCUT2D eigenvalue weighted by molar-refractivity contribution is -0.896. The molecule has 146 valence electrons. The minimum absolute atomic E-state index is 0.160. The van der Waals surface area contributed by atoms with E-state index in [0.717, 1.165) is 30.6 Å². The predicted molar refractivity (Wildman–Crippen MR) is 103 cm³/mol. The molecule has 27 heavy (non-hydrogen) atoms. The first-order valence-corrected chi connectivity index (χ1v) is 9.05. The first-order chi connectivity index (χ1) is 13.0. The number of ether oxygens (including phenoxy) is 1. The minimum atomic E-state index is -0.791. The van der Waals surface area contributed by atoms with E-state index in [1.807, 2.05) is 0 Å². The lowest BCUT2D eigenvalue weighted by Crippen LogP contribution is -3.11. The fourth-order valence-electron chi connectivity index (χ4n) is 2.81. The highest BCUT2D eigenvalue weighted by Crippen LogP contribution is 2.18. The molecular formula is C19H26N4O4. The second-order valence-corrected chi connectivity index (χ2v) is 6.11. The van der Waals surface area contributed by atoms with Crippen LogP contribution in [0, 0.1) is 0 Å². The molecule has 1 aromatic heterocycles. The second kappa shape index (κ2) is 9.72. The molecule has 0 amide bonds. The largest absolute Gasteiger partial charge is 0.859 e. The Labute approximate surface area is 157 Å². The van der Waals surface area contributed by atoms with Crippen molar-refractivity contribution in [3.63, 3.8) is 0 Å². The fraction of sp³-hybridized carbons (Fsp3) is 0.421. The van der Waals surface area contributed by atoms with Crippen molar-refractivity contribution < 1.29 is 14.7 Å². The van der Waals surface area contributed by atoms with E-state index in [2.05, 4.69) is 23.8 Å². The summed E-state index contributed by atoms with van der Waals surface area (Å²) in [5.41, 5.74) is -1.37. The number of nitrogens with zero attached hydrogens (tertiary/aromatic N) is 2. The molecule has 0 saturated heterocycles. The number of aromatic nitrogens is 2. The Morgan fingerprint density at radius 3 is 2.70 bits per heavy atom. The third kappa shape index (κ3) is 5.07. The molecule has 0 unspecified atom stereocenters. The molecule has 1 aromatic carbocycles. The summed E-state index contributed by atoms with van der Waals surface area (Å²) in [5.74, 6) is -0.200. The van der Waals surface area contributed by atoms with E-state index in [4.69, 9.17) is 4.74 Å². The van der Waals surface area contributed by atoms with Crippen LogP contribution in [0.3, 0.4) is 0 Å². The Morgan fingerprint density at radius 2 is 2.04 bits per heavy atom. The Hall–Kier alpha value is -2.87. The van der Waals surface area contributed by atoms with Crippen molar-refractivity contribution >= 4 is 6.21 Å². The molecule has 0 bridgehead atoms. The van der Waals surface area contributed by atoms with Gasteiger partial charge in [0.05, 0.1) is 38.0 Å². The highest BCUT2D eigenvalue weighted by molar-refractivity contribution is 5.82. The van der Waals surface area contributed by atoms with Gasteiger partial charge in [-0.1, -0.05) is 6.07 Å².